The highest BCUT2D eigenvalue weighted by atomic mass is 16.5. The van der Waals surface area contributed by atoms with Crippen molar-refractivity contribution < 1.29 is 4.74 Å². The third-order valence-corrected chi connectivity index (χ3v) is 4.97. The normalized spacial score (nSPS) is 26.9. The van der Waals surface area contributed by atoms with Gasteiger partial charge in [0.05, 0.1) is 13.2 Å². The van der Waals surface area contributed by atoms with Gasteiger partial charge in [0, 0.05) is 26.2 Å². The zero-order valence-corrected chi connectivity index (χ0v) is 12.9. The molecule has 21 heavy (non-hydrogen) atoms. The van der Waals surface area contributed by atoms with Gasteiger partial charge in [-0.1, -0.05) is 6.07 Å². The Morgan fingerprint density at radius 1 is 1.24 bits per heavy atom. The number of nitriles is 1. The van der Waals surface area contributed by atoms with Crippen LogP contribution in [0.5, 0.6) is 5.75 Å². The molecule has 4 heteroatoms. The summed E-state index contributed by atoms with van der Waals surface area (Å²) >= 11 is 0. The molecule has 1 saturated heterocycles. The first-order valence-corrected chi connectivity index (χ1v) is 7.72. The maximum atomic E-state index is 10.00. The molecule has 0 saturated carbocycles. The molecule has 0 spiro atoms. The Morgan fingerprint density at radius 2 is 2.00 bits per heavy atom. The summed E-state index contributed by atoms with van der Waals surface area (Å²) in [5.74, 6) is 0.890. The minimum absolute atomic E-state index is 0.443. The molecule has 0 amide bonds. The smallest absolute Gasteiger partial charge is 0.135 e. The SMILES string of the molecule is COc1ccc2c(c1)CCCC2(C#N)N1CCN(C)CC1. The molecule has 0 bridgehead atoms. The Hall–Kier alpha value is -1.57. The number of piperazine rings is 1. The highest BCUT2D eigenvalue weighted by molar-refractivity contribution is 5.45. The van der Waals surface area contributed by atoms with Gasteiger partial charge in [0.25, 0.3) is 0 Å². The topological polar surface area (TPSA) is 39.5 Å². The maximum Gasteiger partial charge on any atom is 0.135 e. The number of ether oxygens (including phenoxy) is 1. The molecule has 1 fully saturated rings. The van der Waals surface area contributed by atoms with Gasteiger partial charge < -0.3 is 9.64 Å². The summed E-state index contributed by atoms with van der Waals surface area (Å²) in [5, 5.41) is 10.00. The van der Waals surface area contributed by atoms with Crippen molar-refractivity contribution >= 4 is 0 Å². The molecule has 3 rings (SSSR count). The average molecular weight is 285 g/mol. The summed E-state index contributed by atoms with van der Waals surface area (Å²) in [6.45, 7) is 4.01. The van der Waals surface area contributed by atoms with Crippen molar-refractivity contribution in [1.82, 2.24) is 9.80 Å². The van der Waals surface area contributed by atoms with Gasteiger partial charge in [-0.25, -0.2) is 0 Å². The molecular formula is C17H23N3O. The van der Waals surface area contributed by atoms with Crippen LogP contribution in [0.15, 0.2) is 18.2 Å². The number of rotatable bonds is 2. The number of hydrogen-bond acceptors (Lipinski definition) is 4. The van der Waals surface area contributed by atoms with Gasteiger partial charge in [-0.05, 0) is 49.6 Å². The third-order valence-electron chi connectivity index (χ3n) is 4.97. The van der Waals surface area contributed by atoms with E-state index in [2.05, 4.69) is 35.0 Å². The van der Waals surface area contributed by atoms with Gasteiger partial charge >= 0.3 is 0 Å². The number of aryl methyl sites for hydroxylation is 1. The Balaban J connectivity index is 1.99. The van der Waals surface area contributed by atoms with Gasteiger partial charge in [0.2, 0.25) is 0 Å². The Morgan fingerprint density at radius 3 is 2.67 bits per heavy atom. The lowest BCUT2D eigenvalue weighted by Crippen LogP contribution is -2.55. The number of hydrogen-bond donors (Lipinski definition) is 0. The fourth-order valence-corrected chi connectivity index (χ4v) is 3.68. The van der Waals surface area contributed by atoms with E-state index in [0.29, 0.717) is 0 Å². The molecule has 1 aromatic carbocycles. The van der Waals surface area contributed by atoms with Crippen LogP contribution >= 0.6 is 0 Å². The number of methoxy groups -OCH3 is 1. The zero-order valence-electron chi connectivity index (χ0n) is 12.9. The maximum absolute atomic E-state index is 10.00. The van der Waals surface area contributed by atoms with E-state index < -0.39 is 5.54 Å². The third kappa shape index (κ3) is 2.41. The minimum Gasteiger partial charge on any atom is -0.497 e. The van der Waals surface area contributed by atoms with Crippen LogP contribution in [0.3, 0.4) is 0 Å². The van der Waals surface area contributed by atoms with Crippen molar-refractivity contribution in [3.05, 3.63) is 29.3 Å². The second-order valence-electron chi connectivity index (χ2n) is 6.14. The summed E-state index contributed by atoms with van der Waals surface area (Å²) < 4.78 is 5.34. The van der Waals surface area contributed by atoms with Crippen LogP contribution in [-0.2, 0) is 12.0 Å². The number of benzene rings is 1. The zero-order chi connectivity index (χ0) is 14.9. The monoisotopic (exact) mass is 285 g/mol. The lowest BCUT2D eigenvalue weighted by Gasteiger charge is -2.46. The summed E-state index contributed by atoms with van der Waals surface area (Å²) in [4.78, 5) is 4.72. The first kappa shape index (κ1) is 14.4. The van der Waals surface area contributed by atoms with E-state index in [9.17, 15) is 5.26 Å². The Kier molecular flexibility index (Phi) is 3.88. The standard InChI is InChI=1S/C17H23N3O/c1-19-8-10-20(11-9-19)17(13-18)7-3-4-14-12-15(21-2)5-6-16(14)17/h5-6,12H,3-4,7-11H2,1-2H3. The van der Waals surface area contributed by atoms with Crippen LogP contribution in [0, 0.1) is 11.3 Å². The Labute approximate surface area is 126 Å². The van der Waals surface area contributed by atoms with E-state index >= 15 is 0 Å². The van der Waals surface area contributed by atoms with Crippen molar-refractivity contribution in [2.24, 2.45) is 0 Å². The van der Waals surface area contributed by atoms with Gasteiger partial charge in [-0.3, -0.25) is 4.90 Å². The molecule has 1 aliphatic carbocycles. The summed E-state index contributed by atoms with van der Waals surface area (Å²) in [6, 6.07) is 8.87. The molecule has 0 radical (unpaired) electrons. The van der Waals surface area contributed by atoms with E-state index in [4.69, 9.17) is 4.74 Å². The predicted molar refractivity (Wildman–Crippen MR) is 82.3 cm³/mol. The van der Waals surface area contributed by atoms with Crippen LogP contribution in [0.25, 0.3) is 0 Å². The van der Waals surface area contributed by atoms with Gasteiger partial charge in [-0.15, -0.1) is 0 Å². The minimum atomic E-state index is -0.443. The van der Waals surface area contributed by atoms with Crippen molar-refractivity contribution in [2.75, 3.05) is 40.3 Å². The molecule has 1 atom stereocenters. The predicted octanol–water partition coefficient (Wildman–Crippen LogP) is 2.00. The van der Waals surface area contributed by atoms with Crippen LogP contribution in [0.2, 0.25) is 0 Å². The van der Waals surface area contributed by atoms with Gasteiger partial charge in [-0.2, -0.15) is 5.26 Å². The lowest BCUT2D eigenvalue weighted by molar-refractivity contribution is 0.0609. The summed E-state index contributed by atoms with van der Waals surface area (Å²) in [7, 11) is 3.85. The van der Waals surface area contributed by atoms with E-state index in [0.717, 1.165) is 51.2 Å². The molecule has 2 aliphatic rings. The van der Waals surface area contributed by atoms with E-state index in [1.165, 1.54) is 11.1 Å². The van der Waals surface area contributed by atoms with E-state index in [-0.39, 0.29) is 0 Å². The molecule has 112 valence electrons. The van der Waals surface area contributed by atoms with Crippen molar-refractivity contribution in [3.8, 4) is 11.8 Å². The first-order valence-electron chi connectivity index (χ1n) is 7.72. The Bertz CT molecular complexity index is 558. The molecule has 1 aromatic rings. The van der Waals surface area contributed by atoms with Crippen LogP contribution in [0.4, 0.5) is 0 Å². The fraction of sp³-hybridized carbons (Fsp3) is 0.588. The van der Waals surface area contributed by atoms with Gasteiger partial charge in [0.15, 0.2) is 0 Å². The number of fused-ring (bicyclic) bond motifs is 1. The van der Waals surface area contributed by atoms with Crippen molar-refractivity contribution in [3.63, 3.8) is 0 Å². The largest absolute Gasteiger partial charge is 0.497 e. The average Bonchev–Trinajstić information content (AvgIpc) is 2.54. The van der Waals surface area contributed by atoms with Crippen LogP contribution in [0.1, 0.15) is 24.0 Å². The van der Waals surface area contributed by atoms with E-state index in [1.807, 2.05) is 6.07 Å². The molecule has 0 aromatic heterocycles. The molecule has 1 heterocycles. The molecule has 4 nitrogen and oxygen atoms in total. The van der Waals surface area contributed by atoms with Crippen LogP contribution < -0.4 is 4.74 Å². The van der Waals surface area contributed by atoms with E-state index in [1.54, 1.807) is 7.11 Å². The van der Waals surface area contributed by atoms with Crippen molar-refractivity contribution in [2.45, 2.75) is 24.8 Å². The first-order chi connectivity index (χ1) is 10.2. The second kappa shape index (κ2) is 5.67. The number of nitrogens with zero attached hydrogens (tertiary/aromatic N) is 3. The van der Waals surface area contributed by atoms with Crippen LogP contribution in [-0.4, -0.2) is 50.1 Å². The molecule has 1 unspecified atom stereocenters. The molecular weight excluding hydrogens is 262 g/mol. The fourth-order valence-electron chi connectivity index (χ4n) is 3.68. The van der Waals surface area contributed by atoms with Crippen molar-refractivity contribution in [1.29, 1.82) is 5.26 Å². The second-order valence-corrected chi connectivity index (χ2v) is 6.14. The summed E-state index contributed by atoms with van der Waals surface area (Å²) in [6.07, 6.45) is 3.05. The summed E-state index contributed by atoms with van der Waals surface area (Å²) in [5.41, 5.74) is 2.03. The lowest BCUT2D eigenvalue weighted by atomic mass is 9.76. The molecule has 0 N–H and O–H groups in total. The molecule has 1 aliphatic heterocycles. The quantitative estimate of drug-likeness (QED) is 0.833. The number of likely N-dealkylation sites (N-methyl/N-ethyl adjacent to an activating group) is 1. The highest BCUT2D eigenvalue weighted by Gasteiger charge is 2.43. The van der Waals surface area contributed by atoms with Gasteiger partial charge in [0.1, 0.15) is 11.3 Å². The highest BCUT2D eigenvalue weighted by Crippen LogP contribution is 2.41.